The van der Waals surface area contributed by atoms with Crippen LogP contribution in [0.3, 0.4) is 0 Å². The smallest absolute Gasteiger partial charge is 0.255 e. The number of carbonyl (C=O) groups excluding carboxylic acids is 1. The van der Waals surface area contributed by atoms with E-state index in [1.54, 1.807) is 12.1 Å². The molecule has 0 aliphatic heterocycles. The highest BCUT2D eigenvalue weighted by molar-refractivity contribution is 6.05. The van der Waals surface area contributed by atoms with Crippen molar-refractivity contribution in [2.75, 3.05) is 17.2 Å². The number of aryl methyl sites for hydroxylation is 2. The van der Waals surface area contributed by atoms with E-state index in [-0.39, 0.29) is 17.9 Å². The molecule has 0 bridgehead atoms. The van der Waals surface area contributed by atoms with Crippen LogP contribution in [-0.4, -0.2) is 27.6 Å². The fourth-order valence-corrected chi connectivity index (χ4v) is 4.50. The highest BCUT2D eigenvalue weighted by atomic mass is 16.3. The molecule has 1 aromatic heterocycles. The second-order valence-electron chi connectivity index (χ2n) is 10.9. The minimum absolute atomic E-state index is 0.134. The van der Waals surface area contributed by atoms with Crippen LogP contribution in [0.1, 0.15) is 41.8 Å². The quantitative estimate of drug-likeness (QED) is 0.183. The van der Waals surface area contributed by atoms with Gasteiger partial charge in [0.2, 0.25) is 5.95 Å². The van der Waals surface area contributed by atoms with Crippen molar-refractivity contribution in [3.8, 4) is 11.3 Å². The van der Waals surface area contributed by atoms with Gasteiger partial charge in [-0.1, -0.05) is 74.5 Å². The molecule has 1 amide bonds. The Labute approximate surface area is 235 Å². The Kier molecular flexibility index (Phi) is 7.89. The van der Waals surface area contributed by atoms with Crippen molar-refractivity contribution < 1.29 is 9.90 Å². The number of nitrogens with zero attached hydrogens (tertiary/aromatic N) is 2. The standard InChI is InChI=1S/C34H34N4O2/c1-23-13-14-24(19-20-34(2,3)22-39)21-30(23)36-32(40)26-15-17-27(18-16-26)35-33-37-29-12-8-7-11-28(29)31(38-33)25-9-5-4-6-10-25/h4-18,21,39H,19-20,22H2,1-3H3,(H,36,40)(H,35,37,38). The van der Waals surface area contributed by atoms with Crippen molar-refractivity contribution in [1.29, 1.82) is 0 Å². The lowest BCUT2D eigenvalue weighted by Gasteiger charge is -2.21. The van der Waals surface area contributed by atoms with Gasteiger partial charge in [0.25, 0.3) is 5.91 Å². The number of nitrogens with one attached hydrogen (secondary N) is 2. The number of aromatic nitrogens is 2. The Morgan fingerprint density at radius 2 is 1.60 bits per heavy atom. The van der Waals surface area contributed by atoms with E-state index < -0.39 is 0 Å². The third kappa shape index (κ3) is 6.35. The maximum Gasteiger partial charge on any atom is 0.255 e. The second kappa shape index (κ2) is 11.7. The molecule has 0 spiro atoms. The fraction of sp³-hybridized carbons (Fsp3) is 0.206. The number of aliphatic hydroxyl groups is 1. The van der Waals surface area contributed by atoms with E-state index in [4.69, 9.17) is 9.97 Å². The summed E-state index contributed by atoms with van der Waals surface area (Å²) in [5.74, 6) is 0.322. The molecule has 0 atom stereocenters. The summed E-state index contributed by atoms with van der Waals surface area (Å²) >= 11 is 0. The monoisotopic (exact) mass is 530 g/mol. The largest absolute Gasteiger partial charge is 0.396 e. The van der Waals surface area contributed by atoms with Crippen LogP contribution in [0.25, 0.3) is 22.2 Å². The van der Waals surface area contributed by atoms with E-state index in [9.17, 15) is 9.90 Å². The average molecular weight is 531 g/mol. The number of benzene rings is 4. The van der Waals surface area contributed by atoms with Crippen LogP contribution < -0.4 is 10.6 Å². The summed E-state index contributed by atoms with van der Waals surface area (Å²) in [6.45, 7) is 6.24. The summed E-state index contributed by atoms with van der Waals surface area (Å²) in [6.07, 6.45) is 1.70. The summed E-state index contributed by atoms with van der Waals surface area (Å²) in [6, 6.07) is 31.5. The van der Waals surface area contributed by atoms with Gasteiger partial charge in [0.15, 0.2) is 0 Å². The minimum atomic E-state index is -0.171. The lowest BCUT2D eigenvalue weighted by atomic mass is 9.87. The minimum Gasteiger partial charge on any atom is -0.396 e. The molecule has 0 aliphatic carbocycles. The molecule has 0 saturated heterocycles. The number of anilines is 3. The van der Waals surface area contributed by atoms with E-state index in [0.29, 0.717) is 11.5 Å². The summed E-state index contributed by atoms with van der Waals surface area (Å²) < 4.78 is 0. The highest BCUT2D eigenvalue weighted by Crippen LogP contribution is 2.28. The molecule has 0 unspecified atom stereocenters. The lowest BCUT2D eigenvalue weighted by Crippen LogP contribution is -2.17. The molecule has 6 heteroatoms. The predicted molar refractivity (Wildman–Crippen MR) is 163 cm³/mol. The highest BCUT2D eigenvalue weighted by Gasteiger charge is 2.17. The number of para-hydroxylation sites is 1. The first-order valence-electron chi connectivity index (χ1n) is 13.5. The fourth-order valence-electron chi connectivity index (χ4n) is 4.50. The van der Waals surface area contributed by atoms with Gasteiger partial charge in [-0.25, -0.2) is 9.97 Å². The van der Waals surface area contributed by atoms with Crippen LogP contribution in [-0.2, 0) is 6.42 Å². The van der Waals surface area contributed by atoms with Gasteiger partial charge in [-0.2, -0.15) is 0 Å². The molecule has 4 aromatic carbocycles. The van der Waals surface area contributed by atoms with Crippen molar-refractivity contribution in [2.45, 2.75) is 33.6 Å². The molecule has 5 aromatic rings. The topological polar surface area (TPSA) is 87.1 Å². The Morgan fingerprint density at radius 1 is 0.875 bits per heavy atom. The first-order chi connectivity index (χ1) is 19.3. The van der Waals surface area contributed by atoms with Gasteiger partial charge < -0.3 is 15.7 Å². The maximum atomic E-state index is 13.1. The molecule has 0 saturated carbocycles. The van der Waals surface area contributed by atoms with E-state index >= 15 is 0 Å². The lowest BCUT2D eigenvalue weighted by molar-refractivity contribution is 0.102. The molecule has 6 nitrogen and oxygen atoms in total. The Bertz CT molecular complexity index is 1630. The molecule has 0 fully saturated rings. The molecule has 40 heavy (non-hydrogen) atoms. The summed E-state index contributed by atoms with van der Waals surface area (Å²) in [5, 5.41) is 16.9. The number of hydrogen-bond donors (Lipinski definition) is 3. The average Bonchev–Trinajstić information content (AvgIpc) is 2.98. The second-order valence-corrected chi connectivity index (χ2v) is 10.9. The van der Waals surface area contributed by atoms with Crippen molar-refractivity contribution in [3.05, 3.63) is 114 Å². The zero-order valence-electron chi connectivity index (χ0n) is 23.1. The van der Waals surface area contributed by atoms with E-state index in [1.807, 2.05) is 85.8 Å². The van der Waals surface area contributed by atoms with Crippen LogP contribution in [0.5, 0.6) is 0 Å². The SMILES string of the molecule is Cc1ccc(CCC(C)(C)CO)cc1NC(=O)c1ccc(Nc2nc(-c3ccccc3)c3ccccc3n2)cc1. The predicted octanol–water partition coefficient (Wildman–Crippen LogP) is 7.55. The molecule has 0 aliphatic rings. The number of rotatable bonds is 9. The first-order valence-corrected chi connectivity index (χ1v) is 13.5. The molecule has 202 valence electrons. The summed E-state index contributed by atoms with van der Waals surface area (Å²) in [5.41, 5.74) is 6.88. The van der Waals surface area contributed by atoms with E-state index in [2.05, 4.69) is 30.5 Å². The van der Waals surface area contributed by atoms with Crippen LogP contribution in [0.4, 0.5) is 17.3 Å². The Balaban J connectivity index is 1.31. The van der Waals surface area contributed by atoms with Gasteiger partial charge in [-0.15, -0.1) is 0 Å². The number of aliphatic hydroxyl groups excluding tert-OH is 1. The van der Waals surface area contributed by atoms with Gasteiger partial charge >= 0.3 is 0 Å². The van der Waals surface area contributed by atoms with Gasteiger partial charge in [-0.05, 0) is 72.7 Å². The molecule has 3 N–H and O–H groups in total. The van der Waals surface area contributed by atoms with E-state index in [1.165, 1.54) is 0 Å². The Hall–Kier alpha value is -4.55. The third-order valence-electron chi connectivity index (χ3n) is 7.12. The molecular formula is C34H34N4O2. The van der Waals surface area contributed by atoms with Crippen molar-refractivity contribution in [2.24, 2.45) is 5.41 Å². The van der Waals surface area contributed by atoms with Gasteiger partial charge in [-0.3, -0.25) is 4.79 Å². The summed E-state index contributed by atoms with van der Waals surface area (Å²) in [4.78, 5) is 22.6. The molecule has 5 rings (SSSR count). The Morgan fingerprint density at radius 3 is 2.35 bits per heavy atom. The van der Waals surface area contributed by atoms with Crippen LogP contribution in [0.15, 0.2) is 97.1 Å². The van der Waals surface area contributed by atoms with Crippen LogP contribution >= 0.6 is 0 Å². The van der Waals surface area contributed by atoms with Gasteiger partial charge in [0.1, 0.15) is 0 Å². The van der Waals surface area contributed by atoms with Gasteiger partial charge in [0.05, 0.1) is 11.2 Å². The van der Waals surface area contributed by atoms with Gasteiger partial charge in [0, 0.05) is 34.5 Å². The van der Waals surface area contributed by atoms with Crippen LogP contribution in [0, 0.1) is 12.3 Å². The maximum absolute atomic E-state index is 13.1. The molecule has 0 radical (unpaired) electrons. The number of amides is 1. The molecular weight excluding hydrogens is 496 g/mol. The van der Waals surface area contributed by atoms with E-state index in [0.717, 1.165) is 57.5 Å². The van der Waals surface area contributed by atoms with Crippen molar-refractivity contribution >= 4 is 34.1 Å². The van der Waals surface area contributed by atoms with Crippen molar-refractivity contribution in [3.63, 3.8) is 0 Å². The zero-order valence-corrected chi connectivity index (χ0v) is 23.1. The van der Waals surface area contributed by atoms with Crippen LogP contribution in [0.2, 0.25) is 0 Å². The molecule has 1 heterocycles. The summed E-state index contributed by atoms with van der Waals surface area (Å²) in [7, 11) is 0. The number of hydrogen-bond acceptors (Lipinski definition) is 5. The third-order valence-corrected chi connectivity index (χ3v) is 7.12. The normalized spacial score (nSPS) is 11.4. The first kappa shape index (κ1) is 27.0. The number of carbonyl (C=O) groups is 1. The van der Waals surface area contributed by atoms with Crippen molar-refractivity contribution in [1.82, 2.24) is 9.97 Å². The number of fused-ring (bicyclic) bond motifs is 1. The zero-order chi connectivity index (χ0) is 28.1.